The van der Waals surface area contributed by atoms with Gasteiger partial charge in [0.1, 0.15) is 5.75 Å². The molecule has 0 unspecified atom stereocenters. The molecule has 20 heavy (non-hydrogen) atoms. The van der Waals surface area contributed by atoms with Crippen LogP contribution in [0.3, 0.4) is 0 Å². The third-order valence-electron chi connectivity index (χ3n) is 3.23. The van der Waals surface area contributed by atoms with Crippen LogP contribution in [0, 0.1) is 6.92 Å². The van der Waals surface area contributed by atoms with Gasteiger partial charge in [-0.15, -0.1) is 11.3 Å². The number of aromatic nitrogens is 1. The van der Waals surface area contributed by atoms with Crippen LogP contribution in [-0.4, -0.2) is 16.5 Å². The lowest BCUT2D eigenvalue weighted by atomic mass is 10.0. The summed E-state index contributed by atoms with van der Waals surface area (Å²) in [5.41, 5.74) is 7.29. The van der Waals surface area contributed by atoms with Gasteiger partial charge in [0.25, 0.3) is 5.91 Å². The number of carbonyl (C=O) groups is 1. The lowest BCUT2D eigenvalue weighted by Gasteiger charge is -2.31. The number of nitrogen functional groups attached to an aromatic ring is 1. The number of aryl methyl sites for hydroxylation is 1. The van der Waals surface area contributed by atoms with E-state index in [1.54, 1.807) is 13.8 Å². The molecule has 0 saturated carbocycles. The van der Waals surface area contributed by atoms with Crippen molar-refractivity contribution in [1.82, 2.24) is 4.98 Å². The van der Waals surface area contributed by atoms with E-state index >= 15 is 0 Å². The smallest absolute Gasteiger partial charge is 0.268 e. The first-order chi connectivity index (χ1) is 9.37. The Bertz CT molecular complexity index is 706. The van der Waals surface area contributed by atoms with Gasteiger partial charge in [0.05, 0.1) is 11.4 Å². The van der Waals surface area contributed by atoms with E-state index in [1.807, 2.05) is 25.1 Å². The van der Waals surface area contributed by atoms with Crippen molar-refractivity contribution < 1.29 is 9.53 Å². The number of rotatable bonds is 1. The predicted molar refractivity (Wildman–Crippen MR) is 80.0 cm³/mol. The minimum absolute atomic E-state index is 0.156. The van der Waals surface area contributed by atoms with Crippen LogP contribution in [0.1, 0.15) is 18.7 Å². The average Bonchev–Trinajstić information content (AvgIpc) is 2.69. The minimum atomic E-state index is -0.852. The van der Waals surface area contributed by atoms with Crippen molar-refractivity contribution in [3.63, 3.8) is 0 Å². The van der Waals surface area contributed by atoms with Crippen molar-refractivity contribution in [2.45, 2.75) is 26.4 Å². The van der Waals surface area contributed by atoms with E-state index in [-0.39, 0.29) is 5.91 Å². The van der Waals surface area contributed by atoms with Crippen LogP contribution in [0.2, 0.25) is 0 Å². The van der Waals surface area contributed by atoms with Crippen molar-refractivity contribution >= 4 is 28.1 Å². The molecule has 2 heterocycles. The van der Waals surface area contributed by atoms with Gasteiger partial charge in [-0.05, 0) is 39.0 Å². The number of nitrogens with one attached hydrogen (secondary N) is 1. The number of carbonyl (C=O) groups excluding carboxylic acids is 1. The minimum Gasteiger partial charge on any atom is -0.476 e. The summed E-state index contributed by atoms with van der Waals surface area (Å²) in [6.07, 6.45) is 0. The fraction of sp³-hybridized carbons (Fsp3) is 0.286. The second kappa shape index (κ2) is 4.21. The topological polar surface area (TPSA) is 77.2 Å². The number of benzene rings is 1. The van der Waals surface area contributed by atoms with Crippen LogP contribution in [0.4, 0.5) is 10.8 Å². The zero-order valence-corrected chi connectivity index (χ0v) is 12.3. The Morgan fingerprint density at radius 1 is 1.40 bits per heavy atom. The Kier molecular flexibility index (Phi) is 2.72. The third-order valence-corrected chi connectivity index (χ3v) is 4.03. The van der Waals surface area contributed by atoms with E-state index in [0.717, 1.165) is 16.1 Å². The molecular weight excluding hydrogens is 274 g/mol. The molecule has 1 amide bonds. The van der Waals surface area contributed by atoms with E-state index in [9.17, 15) is 4.79 Å². The van der Waals surface area contributed by atoms with Crippen molar-refractivity contribution in [2.75, 3.05) is 11.1 Å². The molecule has 0 spiro atoms. The van der Waals surface area contributed by atoms with Crippen molar-refractivity contribution in [3.8, 4) is 17.0 Å². The zero-order chi connectivity index (χ0) is 14.5. The number of anilines is 2. The summed E-state index contributed by atoms with van der Waals surface area (Å²) >= 11 is 1.45. The summed E-state index contributed by atoms with van der Waals surface area (Å²) in [7, 11) is 0. The maximum atomic E-state index is 11.9. The monoisotopic (exact) mass is 289 g/mol. The molecule has 0 bridgehead atoms. The standard InChI is InChI=1S/C14H15N3O2S/c1-7-11(17-13(15)20-7)8-4-5-10-9(6-8)16-12(18)14(2,3)19-10/h4-6H,1-3H3,(H2,15,17)(H,16,18). The summed E-state index contributed by atoms with van der Waals surface area (Å²) in [6, 6.07) is 5.64. The lowest BCUT2D eigenvalue weighted by molar-refractivity contribution is -0.129. The highest BCUT2D eigenvalue weighted by Crippen LogP contribution is 2.38. The Hall–Kier alpha value is -2.08. The Labute approximate surface area is 120 Å². The Morgan fingerprint density at radius 3 is 2.80 bits per heavy atom. The van der Waals surface area contributed by atoms with Crippen LogP contribution in [-0.2, 0) is 4.79 Å². The number of nitrogens with two attached hydrogens (primary N) is 1. The van der Waals surface area contributed by atoms with Crippen molar-refractivity contribution in [3.05, 3.63) is 23.1 Å². The SMILES string of the molecule is Cc1sc(N)nc1-c1ccc2c(c1)NC(=O)C(C)(C)O2. The first kappa shape index (κ1) is 12.9. The fourth-order valence-corrected chi connectivity index (χ4v) is 2.85. The molecule has 2 aromatic rings. The molecule has 1 aliphatic rings. The number of hydrogen-bond acceptors (Lipinski definition) is 5. The van der Waals surface area contributed by atoms with E-state index in [2.05, 4.69) is 10.3 Å². The van der Waals surface area contributed by atoms with Crippen LogP contribution >= 0.6 is 11.3 Å². The number of amides is 1. The Morgan fingerprint density at radius 2 is 2.15 bits per heavy atom. The van der Waals surface area contributed by atoms with E-state index in [1.165, 1.54) is 11.3 Å². The largest absolute Gasteiger partial charge is 0.476 e. The highest BCUT2D eigenvalue weighted by molar-refractivity contribution is 7.15. The maximum Gasteiger partial charge on any atom is 0.268 e. The molecule has 0 radical (unpaired) electrons. The van der Waals surface area contributed by atoms with Crippen molar-refractivity contribution in [1.29, 1.82) is 0 Å². The lowest BCUT2D eigenvalue weighted by Crippen LogP contribution is -2.45. The second-order valence-corrected chi connectivity index (χ2v) is 6.47. The normalized spacial score (nSPS) is 16.2. The van der Waals surface area contributed by atoms with Gasteiger partial charge in [0, 0.05) is 10.4 Å². The third kappa shape index (κ3) is 2.02. The first-order valence-corrected chi connectivity index (χ1v) is 7.06. The molecule has 104 valence electrons. The highest BCUT2D eigenvalue weighted by Gasteiger charge is 2.35. The average molecular weight is 289 g/mol. The molecule has 0 fully saturated rings. The van der Waals surface area contributed by atoms with Crippen LogP contribution in [0.25, 0.3) is 11.3 Å². The first-order valence-electron chi connectivity index (χ1n) is 6.24. The molecular formula is C14H15N3O2S. The van der Waals surface area contributed by atoms with Crippen LogP contribution in [0.15, 0.2) is 18.2 Å². The molecule has 1 aromatic heterocycles. The highest BCUT2D eigenvalue weighted by atomic mass is 32.1. The number of fused-ring (bicyclic) bond motifs is 1. The molecule has 1 aliphatic heterocycles. The summed E-state index contributed by atoms with van der Waals surface area (Å²) in [6.45, 7) is 5.45. The second-order valence-electron chi connectivity index (χ2n) is 5.23. The van der Waals surface area contributed by atoms with Crippen LogP contribution in [0.5, 0.6) is 5.75 Å². The molecule has 3 N–H and O–H groups in total. The molecule has 1 aromatic carbocycles. The Balaban J connectivity index is 2.05. The van der Waals surface area contributed by atoms with Gasteiger partial charge in [-0.25, -0.2) is 4.98 Å². The van der Waals surface area contributed by atoms with Gasteiger partial charge in [-0.2, -0.15) is 0 Å². The summed E-state index contributed by atoms with van der Waals surface area (Å²) in [5, 5.41) is 3.41. The number of nitrogens with zero attached hydrogens (tertiary/aromatic N) is 1. The predicted octanol–water partition coefficient (Wildman–Crippen LogP) is 2.81. The van der Waals surface area contributed by atoms with Gasteiger partial charge in [-0.3, -0.25) is 4.79 Å². The maximum absolute atomic E-state index is 11.9. The molecule has 0 atom stereocenters. The molecule has 3 rings (SSSR count). The van der Waals surface area contributed by atoms with Crippen LogP contribution < -0.4 is 15.8 Å². The zero-order valence-electron chi connectivity index (χ0n) is 11.5. The van der Waals surface area contributed by atoms with Gasteiger partial charge in [-0.1, -0.05) is 0 Å². The number of ether oxygens (including phenoxy) is 1. The van der Waals surface area contributed by atoms with Gasteiger partial charge < -0.3 is 15.8 Å². The number of hydrogen-bond donors (Lipinski definition) is 2. The summed E-state index contributed by atoms with van der Waals surface area (Å²) < 4.78 is 5.70. The molecule has 6 heteroatoms. The fourth-order valence-electron chi connectivity index (χ4n) is 2.14. The van der Waals surface area contributed by atoms with E-state index in [0.29, 0.717) is 16.6 Å². The van der Waals surface area contributed by atoms with Gasteiger partial charge >= 0.3 is 0 Å². The van der Waals surface area contributed by atoms with Crippen molar-refractivity contribution in [2.24, 2.45) is 0 Å². The summed E-state index contributed by atoms with van der Waals surface area (Å²) in [4.78, 5) is 17.3. The van der Waals surface area contributed by atoms with E-state index in [4.69, 9.17) is 10.5 Å². The molecule has 0 aliphatic carbocycles. The summed E-state index contributed by atoms with van der Waals surface area (Å²) in [5.74, 6) is 0.510. The van der Waals surface area contributed by atoms with Gasteiger partial charge in [0.2, 0.25) is 0 Å². The van der Waals surface area contributed by atoms with Gasteiger partial charge in [0.15, 0.2) is 10.7 Å². The number of thiazole rings is 1. The molecule has 5 nitrogen and oxygen atoms in total. The van der Waals surface area contributed by atoms with E-state index < -0.39 is 5.60 Å². The molecule has 0 saturated heterocycles. The quantitative estimate of drug-likeness (QED) is 0.846.